The van der Waals surface area contributed by atoms with Crippen molar-refractivity contribution < 1.29 is 0 Å². The van der Waals surface area contributed by atoms with Crippen molar-refractivity contribution in [3.63, 3.8) is 0 Å². The summed E-state index contributed by atoms with van der Waals surface area (Å²) in [6.45, 7) is 3.95. The second-order valence-electron chi connectivity index (χ2n) is 2.87. The smallest absolute Gasteiger partial charge is 0.266 e. The highest BCUT2D eigenvalue weighted by atomic mass is 32.1. The lowest BCUT2D eigenvalue weighted by Gasteiger charge is -1.99. The third kappa shape index (κ3) is 0.898. The van der Waals surface area contributed by atoms with Crippen LogP contribution in [-0.4, -0.2) is 4.98 Å². The summed E-state index contributed by atoms with van der Waals surface area (Å²) in [6.07, 6.45) is 0. The molecule has 2 heterocycles. The first kappa shape index (κ1) is 7.55. The zero-order chi connectivity index (χ0) is 8.72. The van der Waals surface area contributed by atoms with E-state index in [1.807, 2.05) is 25.3 Å². The van der Waals surface area contributed by atoms with Crippen LogP contribution in [0.5, 0.6) is 0 Å². The van der Waals surface area contributed by atoms with Crippen LogP contribution in [0.25, 0.3) is 10.1 Å². The molecular formula is C9H9NOS. The average molecular weight is 179 g/mol. The summed E-state index contributed by atoms with van der Waals surface area (Å²) in [6, 6.07) is 2.00. The summed E-state index contributed by atoms with van der Waals surface area (Å²) in [5, 5.41) is 3.04. The highest BCUT2D eigenvalue weighted by Crippen LogP contribution is 2.20. The molecule has 0 saturated carbocycles. The van der Waals surface area contributed by atoms with Crippen molar-refractivity contribution in [2.45, 2.75) is 13.8 Å². The fourth-order valence-corrected chi connectivity index (χ4v) is 2.15. The Morgan fingerprint density at radius 3 is 2.92 bits per heavy atom. The first-order chi connectivity index (χ1) is 5.70. The molecule has 0 aliphatic heterocycles. The number of nitrogens with one attached hydrogen (secondary N) is 1. The predicted octanol–water partition coefficient (Wildman–Crippen LogP) is 2.21. The van der Waals surface area contributed by atoms with Gasteiger partial charge in [0.05, 0.1) is 4.70 Å². The van der Waals surface area contributed by atoms with Crippen LogP contribution in [0.1, 0.15) is 11.3 Å². The van der Waals surface area contributed by atoms with Gasteiger partial charge in [0.15, 0.2) is 0 Å². The molecule has 0 aliphatic rings. The zero-order valence-corrected chi connectivity index (χ0v) is 7.79. The van der Waals surface area contributed by atoms with Gasteiger partial charge in [0.1, 0.15) is 0 Å². The molecule has 0 saturated heterocycles. The summed E-state index contributed by atoms with van der Waals surface area (Å²) < 4.78 is 0.832. The molecule has 3 heteroatoms. The lowest BCUT2D eigenvalue weighted by atomic mass is 10.1. The van der Waals surface area contributed by atoms with Gasteiger partial charge in [-0.2, -0.15) is 0 Å². The van der Waals surface area contributed by atoms with E-state index in [2.05, 4.69) is 4.98 Å². The number of hydrogen-bond donors (Lipinski definition) is 1. The molecule has 0 aromatic carbocycles. The van der Waals surface area contributed by atoms with Crippen LogP contribution in [-0.2, 0) is 0 Å². The number of rotatable bonds is 0. The molecule has 0 bridgehead atoms. The Hall–Kier alpha value is -1.09. The molecule has 0 spiro atoms. The van der Waals surface area contributed by atoms with Gasteiger partial charge in [0.25, 0.3) is 5.56 Å². The van der Waals surface area contributed by atoms with Gasteiger partial charge in [-0.15, -0.1) is 11.3 Å². The molecule has 0 atom stereocenters. The summed E-state index contributed by atoms with van der Waals surface area (Å²) in [4.78, 5) is 14.2. The third-order valence-electron chi connectivity index (χ3n) is 2.14. The fourth-order valence-electron chi connectivity index (χ4n) is 1.30. The Morgan fingerprint density at radius 1 is 1.42 bits per heavy atom. The van der Waals surface area contributed by atoms with Gasteiger partial charge in [0, 0.05) is 11.1 Å². The normalized spacial score (nSPS) is 10.8. The summed E-state index contributed by atoms with van der Waals surface area (Å²) in [5.41, 5.74) is 2.17. The second-order valence-corrected chi connectivity index (χ2v) is 3.78. The van der Waals surface area contributed by atoms with Crippen molar-refractivity contribution in [1.29, 1.82) is 0 Å². The Kier molecular flexibility index (Phi) is 1.54. The molecular weight excluding hydrogens is 170 g/mol. The van der Waals surface area contributed by atoms with Crippen LogP contribution < -0.4 is 5.56 Å². The molecule has 0 aliphatic carbocycles. The largest absolute Gasteiger partial charge is 0.325 e. The standard InChI is InChI=1S/C9H9NOS/c1-5-6(2)10-9(11)8-7(5)3-4-12-8/h3-4H,1-2H3,(H,10,11). The number of aromatic nitrogens is 1. The maximum Gasteiger partial charge on any atom is 0.266 e. The highest BCUT2D eigenvalue weighted by Gasteiger charge is 2.04. The number of pyridine rings is 1. The van der Waals surface area contributed by atoms with Crippen molar-refractivity contribution in [3.8, 4) is 0 Å². The monoisotopic (exact) mass is 179 g/mol. The minimum Gasteiger partial charge on any atom is -0.325 e. The van der Waals surface area contributed by atoms with E-state index >= 15 is 0 Å². The van der Waals surface area contributed by atoms with Crippen LogP contribution in [0.15, 0.2) is 16.2 Å². The van der Waals surface area contributed by atoms with Crippen LogP contribution in [0, 0.1) is 13.8 Å². The Balaban J connectivity index is 3.07. The predicted molar refractivity (Wildman–Crippen MR) is 51.9 cm³/mol. The maximum absolute atomic E-state index is 11.4. The highest BCUT2D eigenvalue weighted by molar-refractivity contribution is 7.17. The SMILES string of the molecule is Cc1[nH]c(=O)c2sccc2c1C. The summed E-state index contributed by atoms with van der Waals surface area (Å²) >= 11 is 1.49. The Labute approximate surface area is 73.9 Å². The van der Waals surface area contributed by atoms with Crippen molar-refractivity contribution in [2.24, 2.45) is 0 Å². The van der Waals surface area contributed by atoms with Crippen LogP contribution >= 0.6 is 11.3 Å². The molecule has 62 valence electrons. The minimum absolute atomic E-state index is 0.0306. The summed E-state index contributed by atoms with van der Waals surface area (Å²) in [7, 11) is 0. The molecule has 0 fully saturated rings. The lowest BCUT2D eigenvalue weighted by molar-refractivity contribution is 1.14. The van der Waals surface area contributed by atoms with Gasteiger partial charge in [-0.3, -0.25) is 4.79 Å². The van der Waals surface area contributed by atoms with Gasteiger partial charge in [-0.05, 0) is 30.9 Å². The molecule has 2 aromatic heterocycles. The van der Waals surface area contributed by atoms with Crippen molar-refractivity contribution >= 4 is 21.4 Å². The molecule has 2 rings (SSSR count). The van der Waals surface area contributed by atoms with Gasteiger partial charge in [-0.25, -0.2) is 0 Å². The number of hydrogen-bond acceptors (Lipinski definition) is 2. The van der Waals surface area contributed by atoms with Gasteiger partial charge in [-0.1, -0.05) is 0 Å². The topological polar surface area (TPSA) is 32.9 Å². The fraction of sp³-hybridized carbons (Fsp3) is 0.222. The zero-order valence-electron chi connectivity index (χ0n) is 6.97. The van der Waals surface area contributed by atoms with E-state index in [4.69, 9.17) is 0 Å². The lowest BCUT2D eigenvalue weighted by Crippen LogP contribution is -2.07. The van der Waals surface area contributed by atoms with Crippen LogP contribution in [0.2, 0.25) is 0 Å². The van der Waals surface area contributed by atoms with E-state index in [0.717, 1.165) is 15.8 Å². The van der Waals surface area contributed by atoms with E-state index in [9.17, 15) is 4.79 Å². The van der Waals surface area contributed by atoms with Gasteiger partial charge in [0.2, 0.25) is 0 Å². The number of H-pyrrole nitrogens is 1. The van der Waals surface area contributed by atoms with E-state index in [-0.39, 0.29) is 5.56 Å². The first-order valence-electron chi connectivity index (χ1n) is 3.77. The Morgan fingerprint density at radius 2 is 2.17 bits per heavy atom. The quantitative estimate of drug-likeness (QED) is 0.660. The third-order valence-corrected chi connectivity index (χ3v) is 3.05. The molecule has 0 unspecified atom stereocenters. The van der Waals surface area contributed by atoms with E-state index in [1.165, 1.54) is 16.9 Å². The number of aromatic amines is 1. The maximum atomic E-state index is 11.4. The van der Waals surface area contributed by atoms with Crippen molar-refractivity contribution in [3.05, 3.63) is 33.1 Å². The Bertz CT molecular complexity index is 481. The molecule has 12 heavy (non-hydrogen) atoms. The van der Waals surface area contributed by atoms with E-state index < -0.39 is 0 Å². The number of fused-ring (bicyclic) bond motifs is 1. The minimum atomic E-state index is 0.0306. The second kappa shape index (κ2) is 2.45. The summed E-state index contributed by atoms with van der Waals surface area (Å²) in [5.74, 6) is 0. The van der Waals surface area contributed by atoms with E-state index in [1.54, 1.807) is 0 Å². The molecule has 0 amide bonds. The number of thiophene rings is 1. The average Bonchev–Trinajstić information content (AvgIpc) is 2.48. The first-order valence-corrected chi connectivity index (χ1v) is 4.65. The molecule has 0 radical (unpaired) electrons. The number of aryl methyl sites for hydroxylation is 2. The van der Waals surface area contributed by atoms with E-state index in [0.29, 0.717) is 0 Å². The van der Waals surface area contributed by atoms with Crippen molar-refractivity contribution in [2.75, 3.05) is 0 Å². The van der Waals surface area contributed by atoms with Crippen molar-refractivity contribution in [1.82, 2.24) is 4.98 Å². The molecule has 2 aromatic rings. The molecule has 1 N–H and O–H groups in total. The van der Waals surface area contributed by atoms with Crippen LogP contribution in [0.4, 0.5) is 0 Å². The van der Waals surface area contributed by atoms with Crippen LogP contribution in [0.3, 0.4) is 0 Å². The van der Waals surface area contributed by atoms with Gasteiger partial charge >= 0.3 is 0 Å². The van der Waals surface area contributed by atoms with Gasteiger partial charge < -0.3 is 4.98 Å². The molecule has 2 nitrogen and oxygen atoms in total.